The first-order valence-electron chi connectivity index (χ1n) is 11.5. The van der Waals surface area contributed by atoms with E-state index in [1.54, 1.807) is 24.3 Å². The van der Waals surface area contributed by atoms with E-state index in [-0.39, 0.29) is 10.8 Å². The number of sulfonamides is 1. The van der Waals surface area contributed by atoms with Crippen LogP contribution in [-0.2, 0) is 14.8 Å². The highest BCUT2D eigenvalue weighted by Crippen LogP contribution is 2.41. The highest BCUT2D eigenvalue weighted by molar-refractivity contribution is 8.00. The molecule has 1 aliphatic heterocycles. The third-order valence-corrected chi connectivity index (χ3v) is 9.05. The third-order valence-electron chi connectivity index (χ3n) is 6.09. The Bertz CT molecular complexity index is 1270. The Labute approximate surface area is 203 Å². The van der Waals surface area contributed by atoms with Crippen molar-refractivity contribution in [2.75, 3.05) is 18.4 Å². The molecule has 8 nitrogen and oxygen atoms in total. The predicted octanol–water partition coefficient (Wildman–Crippen LogP) is 4.05. The molecule has 1 saturated heterocycles. The minimum absolute atomic E-state index is 0.185. The Kier molecular flexibility index (Phi) is 6.46. The SMILES string of the molecule is CC(Sc1nnc(C2CC2)n1-c1ccccc1)C(=O)Nc1ccc(S(=O)(=O)N2CCCC2)cc1. The monoisotopic (exact) mass is 497 g/mol. The van der Waals surface area contributed by atoms with Gasteiger partial charge in [0.25, 0.3) is 0 Å². The van der Waals surface area contributed by atoms with Crippen LogP contribution in [0.5, 0.6) is 0 Å². The van der Waals surface area contributed by atoms with E-state index in [0.29, 0.717) is 29.9 Å². The van der Waals surface area contributed by atoms with Crippen LogP contribution in [0, 0.1) is 0 Å². The van der Waals surface area contributed by atoms with Gasteiger partial charge in [-0.3, -0.25) is 9.36 Å². The lowest BCUT2D eigenvalue weighted by molar-refractivity contribution is -0.115. The van der Waals surface area contributed by atoms with Crippen LogP contribution in [0.25, 0.3) is 5.69 Å². The first kappa shape index (κ1) is 23.1. The zero-order valence-corrected chi connectivity index (χ0v) is 20.6. The number of thioether (sulfide) groups is 1. The second-order valence-corrected chi connectivity index (χ2v) is 11.9. The van der Waals surface area contributed by atoms with E-state index < -0.39 is 15.3 Å². The molecule has 2 aromatic carbocycles. The number of nitrogens with zero attached hydrogens (tertiary/aromatic N) is 4. The predicted molar refractivity (Wildman–Crippen MR) is 132 cm³/mol. The average molecular weight is 498 g/mol. The van der Waals surface area contributed by atoms with Gasteiger partial charge in [0.2, 0.25) is 15.9 Å². The summed E-state index contributed by atoms with van der Waals surface area (Å²) in [5.74, 6) is 1.17. The van der Waals surface area contributed by atoms with Crippen LogP contribution in [0.3, 0.4) is 0 Å². The number of hydrogen-bond acceptors (Lipinski definition) is 6. The highest BCUT2D eigenvalue weighted by Gasteiger charge is 2.32. The summed E-state index contributed by atoms with van der Waals surface area (Å²) < 4.78 is 29.0. The standard InChI is InChI=1S/C24H27N5O3S2/c1-17(33-24-27-26-22(18-9-10-18)29(24)20-7-3-2-4-8-20)23(30)25-19-11-13-21(14-12-19)34(31,32)28-15-5-6-16-28/h2-4,7-8,11-14,17-18H,5-6,9-10,15-16H2,1H3,(H,25,30). The van der Waals surface area contributed by atoms with E-state index in [4.69, 9.17) is 0 Å². The first-order valence-corrected chi connectivity index (χ1v) is 13.8. The molecule has 2 heterocycles. The number of rotatable bonds is 8. The molecule has 0 radical (unpaired) electrons. The molecule has 0 spiro atoms. The molecule has 3 aromatic rings. The second kappa shape index (κ2) is 9.52. The van der Waals surface area contributed by atoms with E-state index >= 15 is 0 Å². The molecular formula is C24H27N5O3S2. The van der Waals surface area contributed by atoms with Crippen molar-refractivity contribution in [3.8, 4) is 5.69 Å². The molecule has 1 amide bonds. The van der Waals surface area contributed by atoms with E-state index in [9.17, 15) is 13.2 Å². The van der Waals surface area contributed by atoms with Gasteiger partial charge in [-0.1, -0.05) is 30.0 Å². The van der Waals surface area contributed by atoms with Crippen LogP contribution in [0.4, 0.5) is 5.69 Å². The van der Waals surface area contributed by atoms with Crippen molar-refractivity contribution in [2.24, 2.45) is 0 Å². The smallest absolute Gasteiger partial charge is 0.243 e. The number of aromatic nitrogens is 3. The van der Waals surface area contributed by atoms with Gasteiger partial charge in [-0.2, -0.15) is 4.31 Å². The third kappa shape index (κ3) is 4.75. The minimum Gasteiger partial charge on any atom is -0.325 e. The van der Waals surface area contributed by atoms with Crippen LogP contribution >= 0.6 is 11.8 Å². The highest BCUT2D eigenvalue weighted by atomic mass is 32.2. The maximum atomic E-state index is 12.9. The summed E-state index contributed by atoms with van der Waals surface area (Å²) in [6.07, 6.45) is 4.00. The summed E-state index contributed by atoms with van der Waals surface area (Å²) in [6, 6.07) is 16.3. The number of benzene rings is 2. The summed E-state index contributed by atoms with van der Waals surface area (Å²) in [6.45, 7) is 2.95. The molecule has 1 N–H and O–H groups in total. The zero-order chi connectivity index (χ0) is 23.7. The van der Waals surface area contributed by atoms with Crippen molar-refractivity contribution in [1.82, 2.24) is 19.1 Å². The van der Waals surface area contributed by atoms with Gasteiger partial charge in [0.1, 0.15) is 5.82 Å². The summed E-state index contributed by atoms with van der Waals surface area (Å²) in [5, 5.41) is 11.9. The Morgan fingerprint density at radius 2 is 1.71 bits per heavy atom. The molecule has 1 aliphatic carbocycles. The average Bonchev–Trinajstić information content (AvgIpc) is 3.36. The van der Waals surface area contributed by atoms with Crippen molar-refractivity contribution in [3.05, 3.63) is 60.4 Å². The van der Waals surface area contributed by atoms with Gasteiger partial charge in [0, 0.05) is 30.4 Å². The fourth-order valence-corrected chi connectivity index (χ4v) is 6.42. The topological polar surface area (TPSA) is 97.2 Å². The molecule has 34 heavy (non-hydrogen) atoms. The summed E-state index contributed by atoms with van der Waals surface area (Å²) in [7, 11) is -3.47. The van der Waals surface area contributed by atoms with Gasteiger partial charge in [-0.15, -0.1) is 10.2 Å². The van der Waals surface area contributed by atoms with Gasteiger partial charge in [-0.05, 0) is 69.0 Å². The van der Waals surface area contributed by atoms with E-state index in [0.717, 1.165) is 37.2 Å². The maximum absolute atomic E-state index is 12.9. The summed E-state index contributed by atoms with van der Waals surface area (Å²) >= 11 is 1.36. The van der Waals surface area contributed by atoms with Gasteiger partial charge < -0.3 is 5.32 Å². The lowest BCUT2D eigenvalue weighted by atomic mass is 10.3. The van der Waals surface area contributed by atoms with Crippen LogP contribution in [0.1, 0.15) is 44.3 Å². The fourth-order valence-electron chi connectivity index (χ4n) is 4.03. The van der Waals surface area contributed by atoms with Gasteiger partial charge in [0.05, 0.1) is 10.1 Å². The number of para-hydroxylation sites is 1. The quantitative estimate of drug-likeness (QED) is 0.472. The van der Waals surface area contributed by atoms with Crippen LogP contribution < -0.4 is 5.32 Å². The van der Waals surface area contributed by atoms with Crippen molar-refractivity contribution in [1.29, 1.82) is 0 Å². The molecule has 0 bridgehead atoms. The normalized spacial score (nSPS) is 17.6. The number of amides is 1. The van der Waals surface area contributed by atoms with Crippen LogP contribution in [0.15, 0.2) is 64.6 Å². The molecule has 2 fully saturated rings. The van der Waals surface area contributed by atoms with Crippen molar-refractivity contribution in [3.63, 3.8) is 0 Å². The van der Waals surface area contributed by atoms with Crippen LogP contribution in [0.2, 0.25) is 0 Å². The van der Waals surface area contributed by atoms with E-state index in [1.165, 1.54) is 16.1 Å². The molecule has 1 aromatic heterocycles. The minimum atomic E-state index is -3.47. The lowest BCUT2D eigenvalue weighted by Crippen LogP contribution is -2.27. The van der Waals surface area contributed by atoms with Gasteiger partial charge >= 0.3 is 0 Å². The number of anilines is 1. The summed E-state index contributed by atoms with van der Waals surface area (Å²) in [4.78, 5) is 13.1. The fraction of sp³-hybridized carbons (Fsp3) is 0.375. The second-order valence-electron chi connectivity index (χ2n) is 8.67. The number of nitrogens with one attached hydrogen (secondary N) is 1. The number of carbonyl (C=O) groups excluding carboxylic acids is 1. The van der Waals surface area contributed by atoms with E-state index in [2.05, 4.69) is 15.5 Å². The van der Waals surface area contributed by atoms with Crippen molar-refractivity contribution >= 4 is 33.4 Å². The molecule has 10 heteroatoms. The van der Waals surface area contributed by atoms with Crippen molar-refractivity contribution in [2.45, 2.75) is 53.8 Å². The van der Waals surface area contributed by atoms with Gasteiger partial charge in [-0.25, -0.2) is 8.42 Å². The molecule has 5 rings (SSSR count). The lowest BCUT2D eigenvalue weighted by Gasteiger charge is -2.16. The molecule has 178 valence electrons. The Morgan fingerprint density at radius 1 is 1.03 bits per heavy atom. The maximum Gasteiger partial charge on any atom is 0.243 e. The number of hydrogen-bond donors (Lipinski definition) is 1. The Hall–Kier alpha value is -2.69. The largest absolute Gasteiger partial charge is 0.325 e. The zero-order valence-electron chi connectivity index (χ0n) is 18.9. The van der Waals surface area contributed by atoms with E-state index in [1.807, 2.05) is 41.8 Å². The number of carbonyl (C=O) groups is 1. The first-order chi connectivity index (χ1) is 16.4. The molecule has 2 aliphatic rings. The molecule has 1 saturated carbocycles. The summed E-state index contributed by atoms with van der Waals surface area (Å²) in [5.41, 5.74) is 1.54. The van der Waals surface area contributed by atoms with Crippen LogP contribution in [-0.4, -0.2) is 51.7 Å². The molecule has 1 unspecified atom stereocenters. The Balaban J connectivity index is 1.28. The molecule has 1 atom stereocenters. The van der Waals surface area contributed by atoms with Gasteiger partial charge in [0.15, 0.2) is 5.16 Å². The Morgan fingerprint density at radius 3 is 2.35 bits per heavy atom. The van der Waals surface area contributed by atoms with Crippen molar-refractivity contribution < 1.29 is 13.2 Å². The molecular weight excluding hydrogens is 470 g/mol.